The second-order valence-corrected chi connectivity index (χ2v) is 7.51. The van der Waals surface area contributed by atoms with Crippen LogP contribution in [0.2, 0.25) is 5.02 Å². The molecule has 1 aromatic heterocycles. The van der Waals surface area contributed by atoms with Crippen LogP contribution < -0.4 is 10.1 Å². The highest BCUT2D eigenvalue weighted by atomic mass is 35.5. The highest BCUT2D eigenvalue weighted by molar-refractivity contribution is 6.30. The third-order valence-electron chi connectivity index (χ3n) is 5.20. The maximum atomic E-state index is 6.02. The van der Waals surface area contributed by atoms with Crippen molar-refractivity contribution in [2.45, 2.75) is 12.5 Å². The Bertz CT molecular complexity index is 1090. The van der Waals surface area contributed by atoms with E-state index in [1.807, 2.05) is 42.5 Å². The van der Waals surface area contributed by atoms with E-state index in [-0.39, 0.29) is 5.92 Å². The Labute approximate surface area is 175 Å². The lowest BCUT2D eigenvalue weighted by atomic mass is 9.84. The first kappa shape index (κ1) is 17.8. The Balaban J connectivity index is 1.42. The predicted octanol–water partition coefficient (Wildman–Crippen LogP) is 6.63. The maximum Gasteiger partial charge on any atom is 0.223 e. The van der Waals surface area contributed by atoms with Crippen LogP contribution >= 0.6 is 11.6 Å². The van der Waals surface area contributed by atoms with Crippen molar-refractivity contribution >= 4 is 17.3 Å². The molecule has 0 amide bonds. The molecule has 1 atom stereocenters. The molecule has 142 valence electrons. The van der Waals surface area contributed by atoms with Gasteiger partial charge in [-0.05, 0) is 47.5 Å². The molecule has 1 aliphatic heterocycles. The van der Waals surface area contributed by atoms with Crippen molar-refractivity contribution in [2.75, 3.05) is 5.32 Å². The van der Waals surface area contributed by atoms with Crippen LogP contribution in [0, 0.1) is 0 Å². The Hall–Kier alpha value is -3.30. The van der Waals surface area contributed by atoms with E-state index in [0.29, 0.717) is 5.88 Å². The lowest BCUT2D eigenvalue weighted by Gasteiger charge is -2.27. The van der Waals surface area contributed by atoms with Crippen LogP contribution in [-0.4, -0.2) is 4.98 Å². The number of para-hydroxylation sites is 1. The van der Waals surface area contributed by atoms with Gasteiger partial charge in [0, 0.05) is 40.5 Å². The topological polar surface area (TPSA) is 34.1 Å². The Morgan fingerprint density at radius 2 is 1.59 bits per heavy atom. The van der Waals surface area contributed by atoms with Crippen LogP contribution in [-0.2, 0) is 6.54 Å². The largest absolute Gasteiger partial charge is 0.438 e. The second kappa shape index (κ2) is 7.61. The molecule has 1 N–H and O–H groups in total. The summed E-state index contributed by atoms with van der Waals surface area (Å²) < 4.78 is 6.02. The zero-order valence-electron chi connectivity index (χ0n) is 15.7. The SMILES string of the molecule is Clc1ccc(CNc2ccc(C3c4ccccc4Oc4ncccc43)cc2)cc1. The number of halogens is 1. The molecule has 5 rings (SSSR count). The highest BCUT2D eigenvalue weighted by Gasteiger charge is 2.28. The third-order valence-corrected chi connectivity index (χ3v) is 5.45. The van der Waals surface area contributed by atoms with E-state index in [1.54, 1.807) is 6.20 Å². The number of pyridine rings is 1. The minimum absolute atomic E-state index is 0.106. The molecule has 3 nitrogen and oxygen atoms in total. The third kappa shape index (κ3) is 3.57. The van der Waals surface area contributed by atoms with Crippen molar-refractivity contribution in [3.8, 4) is 11.6 Å². The predicted molar refractivity (Wildman–Crippen MR) is 117 cm³/mol. The number of benzene rings is 3. The number of nitrogens with zero attached hydrogens (tertiary/aromatic N) is 1. The van der Waals surface area contributed by atoms with E-state index in [0.717, 1.165) is 34.1 Å². The number of hydrogen-bond acceptors (Lipinski definition) is 3. The van der Waals surface area contributed by atoms with Crippen molar-refractivity contribution in [3.05, 3.63) is 118 Å². The monoisotopic (exact) mass is 398 g/mol. The van der Waals surface area contributed by atoms with Gasteiger partial charge in [-0.15, -0.1) is 0 Å². The minimum atomic E-state index is 0.106. The standard InChI is InChI=1S/C25H19ClN2O/c26-19-11-7-17(8-12-19)16-28-20-13-9-18(10-14-20)24-21-4-1-2-6-23(21)29-25-22(24)5-3-15-27-25/h1-15,24,28H,16H2. The van der Waals surface area contributed by atoms with Crippen LogP contribution in [0.3, 0.4) is 0 Å². The van der Waals surface area contributed by atoms with Crippen LogP contribution in [0.15, 0.2) is 91.1 Å². The number of rotatable bonds is 4. The van der Waals surface area contributed by atoms with Crippen LogP contribution in [0.1, 0.15) is 28.2 Å². The van der Waals surface area contributed by atoms with Gasteiger partial charge in [-0.2, -0.15) is 0 Å². The van der Waals surface area contributed by atoms with Crippen molar-refractivity contribution in [2.24, 2.45) is 0 Å². The average molecular weight is 399 g/mol. The summed E-state index contributed by atoms with van der Waals surface area (Å²) in [5, 5.41) is 4.22. The summed E-state index contributed by atoms with van der Waals surface area (Å²) in [5.41, 5.74) is 5.74. The van der Waals surface area contributed by atoms with Gasteiger partial charge in [-0.25, -0.2) is 4.98 Å². The summed E-state index contributed by atoms with van der Waals surface area (Å²) in [6, 6.07) is 28.7. The first-order chi connectivity index (χ1) is 14.3. The first-order valence-electron chi connectivity index (χ1n) is 9.58. The first-order valence-corrected chi connectivity index (χ1v) is 9.96. The summed E-state index contributed by atoms with van der Waals surface area (Å²) >= 11 is 5.96. The molecule has 0 aliphatic carbocycles. The normalized spacial score (nSPS) is 14.4. The molecule has 0 radical (unpaired) electrons. The van der Waals surface area contributed by atoms with Gasteiger partial charge in [-0.3, -0.25) is 0 Å². The smallest absolute Gasteiger partial charge is 0.223 e. The van der Waals surface area contributed by atoms with Crippen LogP contribution in [0.4, 0.5) is 5.69 Å². The molecule has 29 heavy (non-hydrogen) atoms. The van der Waals surface area contributed by atoms with E-state index in [9.17, 15) is 0 Å². The fraction of sp³-hybridized carbons (Fsp3) is 0.0800. The minimum Gasteiger partial charge on any atom is -0.438 e. The molecule has 0 saturated heterocycles. The van der Waals surface area contributed by atoms with Gasteiger partial charge >= 0.3 is 0 Å². The summed E-state index contributed by atoms with van der Waals surface area (Å²) in [5.74, 6) is 1.66. The quantitative estimate of drug-likeness (QED) is 0.368. The van der Waals surface area contributed by atoms with Gasteiger partial charge in [0.25, 0.3) is 0 Å². The lowest BCUT2D eigenvalue weighted by molar-refractivity contribution is 0.434. The van der Waals surface area contributed by atoms with Crippen LogP contribution in [0.25, 0.3) is 0 Å². The zero-order chi connectivity index (χ0) is 19.6. The Morgan fingerprint density at radius 1 is 0.828 bits per heavy atom. The van der Waals surface area contributed by atoms with E-state index in [2.05, 4.69) is 52.8 Å². The molecule has 2 heterocycles. The number of fused-ring (bicyclic) bond motifs is 2. The van der Waals surface area contributed by atoms with Crippen molar-refractivity contribution in [1.82, 2.24) is 4.98 Å². The van der Waals surface area contributed by atoms with Crippen molar-refractivity contribution in [3.63, 3.8) is 0 Å². The molecule has 0 bridgehead atoms. The summed E-state index contributed by atoms with van der Waals surface area (Å²) in [4.78, 5) is 4.44. The fourth-order valence-electron chi connectivity index (χ4n) is 3.75. The van der Waals surface area contributed by atoms with E-state index in [1.165, 1.54) is 11.1 Å². The van der Waals surface area contributed by atoms with Crippen molar-refractivity contribution in [1.29, 1.82) is 0 Å². The van der Waals surface area contributed by atoms with E-state index < -0.39 is 0 Å². The molecule has 4 heteroatoms. The summed E-state index contributed by atoms with van der Waals surface area (Å²) in [7, 11) is 0. The number of hydrogen-bond donors (Lipinski definition) is 1. The molecule has 0 saturated carbocycles. The van der Waals surface area contributed by atoms with Gasteiger partial charge < -0.3 is 10.1 Å². The molecule has 3 aromatic carbocycles. The molecule has 0 fully saturated rings. The van der Waals surface area contributed by atoms with Gasteiger partial charge in [0.05, 0.1) is 0 Å². The summed E-state index contributed by atoms with van der Waals surface area (Å²) in [6.07, 6.45) is 1.77. The molecular formula is C25H19ClN2O. The highest BCUT2D eigenvalue weighted by Crippen LogP contribution is 2.46. The molecule has 0 spiro atoms. The van der Waals surface area contributed by atoms with Gasteiger partial charge in [-0.1, -0.05) is 60.1 Å². The second-order valence-electron chi connectivity index (χ2n) is 7.07. The molecule has 1 unspecified atom stereocenters. The number of ether oxygens (including phenoxy) is 1. The van der Waals surface area contributed by atoms with Gasteiger partial charge in [0.15, 0.2) is 0 Å². The molecular weight excluding hydrogens is 380 g/mol. The number of anilines is 1. The maximum absolute atomic E-state index is 6.02. The molecule has 1 aliphatic rings. The number of nitrogens with one attached hydrogen (secondary N) is 1. The average Bonchev–Trinajstić information content (AvgIpc) is 2.77. The van der Waals surface area contributed by atoms with Crippen LogP contribution in [0.5, 0.6) is 11.6 Å². The lowest BCUT2D eigenvalue weighted by Crippen LogP contribution is -2.12. The van der Waals surface area contributed by atoms with Gasteiger partial charge in [0.1, 0.15) is 5.75 Å². The number of aromatic nitrogens is 1. The zero-order valence-corrected chi connectivity index (χ0v) is 16.4. The Kier molecular flexibility index (Phi) is 4.66. The summed E-state index contributed by atoms with van der Waals surface area (Å²) in [6.45, 7) is 0.753. The molecule has 4 aromatic rings. The van der Waals surface area contributed by atoms with E-state index >= 15 is 0 Å². The van der Waals surface area contributed by atoms with E-state index in [4.69, 9.17) is 16.3 Å². The Morgan fingerprint density at radius 3 is 2.41 bits per heavy atom. The van der Waals surface area contributed by atoms with Crippen molar-refractivity contribution < 1.29 is 4.74 Å². The fourth-order valence-corrected chi connectivity index (χ4v) is 3.88. The van der Waals surface area contributed by atoms with Gasteiger partial charge in [0.2, 0.25) is 5.88 Å².